The number of fused-ring (bicyclic) bond motifs is 1. The van der Waals surface area contributed by atoms with Crippen LogP contribution >= 0.6 is 0 Å². The number of carboxylic acids is 1. The summed E-state index contributed by atoms with van der Waals surface area (Å²) in [4.78, 5) is 35.6. The Morgan fingerprint density at radius 3 is 2.71 bits per heavy atom. The topological polar surface area (TPSA) is 89.5 Å². The standard InChI is InChI=1S/C17H24N4O3/c22-15(5-13-6-18-11-19-13)21-8-12-7-20(14-3-1-2-4-14)9-17(12,10-21)16(23)24/h6,11-12,14H,1-5,7-10H2,(H,18,19)(H,23,24)/t12-,17-/m0/s1. The predicted molar refractivity (Wildman–Crippen MR) is 86.3 cm³/mol. The molecule has 1 aromatic rings. The van der Waals surface area contributed by atoms with E-state index in [-0.39, 0.29) is 18.2 Å². The van der Waals surface area contributed by atoms with Crippen molar-refractivity contribution in [1.82, 2.24) is 19.8 Å². The summed E-state index contributed by atoms with van der Waals surface area (Å²) in [6.07, 6.45) is 8.33. The van der Waals surface area contributed by atoms with E-state index in [4.69, 9.17) is 0 Å². The largest absolute Gasteiger partial charge is 0.481 e. The van der Waals surface area contributed by atoms with Crippen LogP contribution in [0.15, 0.2) is 12.5 Å². The van der Waals surface area contributed by atoms with Crippen LogP contribution in [0.25, 0.3) is 0 Å². The molecule has 1 aliphatic carbocycles. The highest BCUT2D eigenvalue weighted by Gasteiger charge is 2.59. The van der Waals surface area contributed by atoms with E-state index in [1.807, 2.05) is 0 Å². The lowest BCUT2D eigenvalue weighted by Gasteiger charge is -2.28. The molecule has 2 saturated heterocycles. The molecular formula is C17H24N4O3. The van der Waals surface area contributed by atoms with Gasteiger partial charge in [0.25, 0.3) is 0 Å². The maximum atomic E-state index is 12.5. The summed E-state index contributed by atoms with van der Waals surface area (Å²) in [6.45, 7) is 2.29. The minimum Gasteiger partial charge on any atom is -0.481 e. The Balaban J connectivity index is 1.46. The zero-order valence-corrected chi connectivity index (χ0v) is 13.8. The minimum absolute atomic E-state index is 0.0123. The SMILES string of the molecule is O=C(Cc1cnc[nH]1)N1C[C@@H]2CN(C3CCCC3)C[C@]2(C(=O)O)C1. The number of H-pyrrole nitrogens is 1. The van der Waals surface area contributed by atoms with Crippen molar-refractivity contribution in [2.24, 2.45) is 11.3 Å². The van der Waals surface area contributed by atoms with E-state index in [1.54, 1.807) is 17.4 Å². The number of likely N-dealkylation sites (tertiary alicyclic amines) is 2. The zero-order valence-electron chi connectivity index (χ0n) is 13.8. The minimum atomic E-state index is -0.785. The Kier molecular flexibility index (Phi) is 3.83. The predicted octanol–water partition coefficient (Wildman–Crippen LogP) is 0.740. The monoisotopic (exact) mass is 332 g/mol. The van der Waals surface area contributed by atoms with Crippen LogP contribution in [0.1, 0.15) is 31.4 Å². The van der Waals surface area contributed by atoms with Gasteiger partial charge >= 0.3 is 5.97 Å². The van der Waals surface area contributed by atoms with Gasteiger partial charge in [0.15, 0.2) is 0 Å². The van der Waals surface area contributed by atoms with Crippen molar-refractivity contribution in [3.8, 4) is 0 Å². The number of carbonyl (C=O) groups is 2. The van der Waals surface area contributed by atoms with E-state index in [2.05, 4.69) is 14.9 Å². The van der Waals surface area contributed by atoms with E-state index in [0.29, 0.717) is 25.7 Å². The Morgan fingerprint density at radius 1 is 1.29 bits per heavy atom. The van der Waals surface area contributed by atoms with Crippen molar-refractivity contribution in [3.63, 3.8) is 0 Å². The van der Waals surface area contributed by atoms with Crippen molar-refractivity contribution >= 4 is 11.9 Å². The summed E-state index contributed by atoms with van der Waals surface area (Å²) >= 11 is 0. The van der Waals surface area contributed by atoms with Gasteiger partial charge in [0.2, 0.25) is 5.91 Å². The number of rotatable bonds is 4. The molecule has 2 atom stereocenters. The fourth-order valence-electron chi connectivity index (χ4n) is 4.80. The third kappa shape index (κ3) is 2.51. The maximum absolute atomic E-state index is 12.5. The normalized spacial score (nSPS) is 30.8. The number of amides is 1. The van der Waals surface area contributed by atoms with E-state index >= 15 is 0 Å². The first-order chi connectivity index (χ1) is 11.6. The number of nitrogens with zero attached hydrogens (tertiary/aromatic N) is 3. The molecule has 7 heteroatoms. The molecule has 0 bridgehead atoms. The lowest BCUT2D eigenvalue weighted by atomic mass is 9.81. The molecule has 0 aromatic carbocycles. The molecule has 130 valence electrons. The van der Waals surface area contributed by atoms with Gasteiger partial charge in [-0.25, -0.2) is 4.98 Å². The second-order valence-corrected chi connectivity index (χ2v) is 7.55. The Labute approximate surface area is 141 Å². The molecule has 1 aromatic heterocycles. The Morgan fingerprint density at radius 2 is 2.08 bits per heavy atom. The van der Waals surface area contributed by atoms with Gasteiger partial charge in [-0.05, 0) is 12.8 Å². The molecule has 0 unspecified atom stereocenters. The molecular weight excluding hydrogens is 308 g/mol. The first-order valence-electron chi connectivity index (χ1n) is 8.81. The number of nitrogens with one attached hydrogen (secondary N) is 1. The van der Waals surface area contributed by atoms with Crippen molar-refractivity contribution in [1.29, 1.82) is 0 Å². The van der Waals surface area contributed by atoms with E-state index in [9.17, 15) is 14.7 Å². The van der Waals surface area contributed by atoms with Crippen LogP contribution in [0.3, 0.4) is 0 Å². The first-order valence-corrected chi connectivity index (χ1v) is 8.81. The zero-order chi connectivity index (χ0) is 16.7. The van der Waals surface area contributed by atoms with Gasteiger partial charge in [-0.1, -0.05) is 12.8 Å². The summed E-state index contributed by atoms with van der Waals surface area (Å²) in [5.74, 6) is -0.715. The second-order valence-electron chi connectivity index (χ2n) is 7.55. The van der Waals surface area contributed by atoms with Crippen LogP contribution < -0.4 is 0 Å². The van der Waals surface area contributed by atoms with Crippen molar-refractivity contribution in [2.45, 2.75) is 38.1 Å². The average Bonchev–Trinajstić information content (AvgIpc) is 3.30. The molecule has 2 aliphatic heterocycles. The van der Waals surface area contributed by atoms with Crippen LogP contribution in [0.5, 0.6) is 0 Å². The third-order valence-corrected chi connectivity index (χ3v) is 6.15. The lowest BCUT2D eigenvalue weighted by molar-refractivity contribution is -0.149. The van der Waals surface area contributed by atoms with Gasteiger partial charge in [-0.15, -0.1) is 0 Å². The summed E-state index contributed by atoms with van der Waals surface area (Å²) < 4.78 is 0. The van der Waals surface area contributed by atoms with Crippen LogP contribution in [-0.4, -0.2) is 69.0 Å². The second kappa shape index (κ2) is 5.88. The van der Waals surface area contributed by atoms with Gasteiger partial charge in [0, 0.05) is 50.0 Å². The molecule has 2 N–H and O–H groups in total. The molecule has 4 rings (SSSR count). The van der Waals surface area contributed by atoms with E-state index < -0.39 is 11.4 Å². The number of aromatic amines is 1. The van der Waals surface area contributed by atoms with Gasteiger partial charge in [-0.2, -0.15) is 0 Å². The number of aliphatic carboxylic acids is 1. The fourth-order valence-corrected chi connectivity index (χ4v) is 4.80. The van der Waals surface area contributed by atoms with E-state index in [0.717, 1.165) is 12.2 Å². The summed E-state index contributed by atoms with van der Waals surface area (Å²) in [6, 6.07) is 0.543. The first kappa shape index (κ1) is 15.6. The van der Waals surface area contributed by atoms with Gasteiger partial charge in [-0.3, -0.25) is 14.5 Å². The van der Waals surface area contributed by atoms with Crippen molar-refractivity contribution < 1.29 is 14.7 Å². The van der Waals surface area contributed by atoms with Gasteiger partial charge < -0.3 is 15.0 Å². The smallest absolute Gasteiger partial charge is 0.313 e. The maximum Gasteiger partial charge on any atom is 0.313 e. The number of hydrogen-bond acceptors (Lipinski definition) is 4. The quantitative estimate of drug-likeness (QED) is 0.849. The number of carbonyl (C=O) groups excluding carboxylic acids is 1. The summed E-state index contributed by atoms with van der Waals surface area (Å²) in [5, 5.41) is 9.91. The molecule has 0 spiro atoms. The number of carboxylic acid groups (broad SMARTS) is 1. The third-order valence-electron chi connectivity index (χ3n) is 6.15. The molecule has 3 aliphatic rings. The van der Waals surface area contributed by atoms with Crippen molar-refractivity contribution in [3.05, 3.63) is 18.2 Å². The molecule has 24 heavy (non-hydrogen) atoms. The molecule has 7 nitrogen and oxygen atoms in total. The summed E-state index contributed by atoms with van der Waals surface area (Å²) in [5.41, 5.74) is -0.0132. The van der Waals surface area contributed by atoms with Gasteiger partial charge in [0.05, 0.1) is 12.7 Å². The van der Waals surface area contributed by atoms with Crippen molar-refractivity contribution in [2.75, 3.05) is 26.2 Å². The Hall–Kier alpha value is -1.89. The highest BCUT2D eigenvalue weighted by atomic mass is 16.4. The lowest BCUT2D eigenvalue weighted by Crippen LogP contribution is -2.43. The Bertz CT molecular complexity index is 626. The number of hydrogen-bond donors (Lipinski definition) is 2. The van der Waals surface area contributed by atoms with Crippen LogP contribution in [0, 0.1) is 11.3 Å². The number of imidazole rings is 1. The highest BCUT2D eigenvalue weighted by Crippen LogP contribution is 2.45. The summed E-state index contributed by atoms with van der Waals surface area (Å²) in [7, 11) is 0. The fraction of sp³-hybridized carbons (Fsp3) is 0.706. The molecule has 0 radical (unpaired) electrons. The molecule has 3 fully saturated rings. The molecule has 3 heterocycles. The van der Waals surface area contributed by atoms with E-state index in [1.165, 1.54) is 25.7 Å². The average molecular weight is 332 g/mol. The molecule has 1 amide bonds. The molecule has 1 saturated carbocycles. The van der Waals surface area contributed by atoms with Crippen LogP contribution in [0.2, 0.25) is 0 Å². The van der Waals surface area contributed by atoms with Crippen LogP contribution in [-0.2, 0) is 16.0 Å². The highest BCUT2D eigenvalue weighted by molar-refractivity contribution is 5.82. The van der Waals surface area contributed by atoms with Gasteiger partial charge in [0.1, 0.15) is 5.41 Å². The van der Waals surface area contributed by atoms with Crippen LogP contribution in [0.4, 0.5) is 0 Å². The number of aromatic nitrogens is 2.